The Labute approximate surface area is 89.0 Å². The zero-order valence-corrected chi connectivity index (χ0v) is 8.77. The van der Waals surface area contributed by atoms with Crippen molar-refractivity contribution < 1.29 is 0 Å². The van der Waals surface area contributed by atoms with Crippen LogP contribution in [-0.2, 0) is 13.0 Å². The maximum atomic E-state index is 8.73. The SMILES string of the molecule is CCCn1c(CC#N)nc2ccccc21. The van der Waals surface area contributed by atoms with Crippen molar-refractivity contribution in [3.8, 4) is 6.07 Å². The van der Waals surface area contributed by atoms with Crippen molar-refractivity contribution in [3.63, 3.8) is 0 Å². The number of fused-ring (bicyclic) bond motifs is 1. The van der Waals surface area contributed by atoms with Crippen molar-refractivity contribution in [1.29, 1.82) is 5.26 Å². The van der Waals surface area contributed by atoms with Gasteiger partial charge in [0.05, 0.1) is 23.5 Å². The first-order valence-electron chi connectivity index (χ1n) is 5.18. The van der Waals surface area contributed by atoms with Crippen LogP contribution in [0.15, 0.2) is 24.3 Å². The highest BCUT2D eigenvalue weighted by atomic mass is 15.1. The van der Waals surface area contributed by atoms with Gasteiger partial charge >= 0.3 is 0 Å². The Morgan fingerprint density at radius 3 is 2.93 bits per heavy atom. The molecule has 2 rings (SSSR count). The second-order valence-corrected chi connectivity index (χ2v) is 3.50. The predicted octanol–water partition coefficient (Wildman–Crippen LogP) is 2.51. The lowest BCUT2D eigenvalue weighted by Gasteiger charge is -2.04. The molecule has 0 unspecified atom stereocenters. The van der Waals surface area contributed by atoms with Gasteiger partial charge in [-0.2, -0.15) is 5.26 Å². The molecular weight excluding hydrogens is 186 g/mol. The summed E-state index contributed by atoms with van der Waals surface area (Å²) in [6.45, 7) is 3.06. The average Bonchev–Trinajstić information content (AvgIpc) is 2.59. The minimum atomic E-state index is 0.384. The summed E-state index contributed by atoms with van der Waals surface area (Å²) in [4.78, 5) is 4.46. The molecule has 0 aliphatic carbocycles. The molecule has 1 heterocycles. The first kappa shape index (κ1) is 9.72. The zero-order chi connectivity index (χ0) is 10.7. The van der Waals surface area contributed by atoms with E-state index in [4.69, 9.17) is 5.26 Å². The van der Waals surface area contributed by atoms with Crippen LogP contribution in [0.4, 0.5) is 0 Å². The Balaban J connectivity index is 2.59. The summed E-state index contributed by atoms with van der Waals surface area (Å²) < 4.78 is 2.14. The van der Waals surface area contributed by atoms with Gasteiger partial charge in [-0.15, -0.1) is 0 Å². The molecule has 0 saturated heterocycles. The monoisotopic (exact) mass is 199 g/mol. The molecule has 0 fully saturated rings. The Morgan fingerprint density at radius 2 is 2.20 bits per heavy atom. The van der Waals surface area contributed by atoms with Crippen molar-refractivity contribution >= 4 is 11.0 Å². The summed E-state index contributed by atoms with van der Waals surface area (Å²) in [5.41, 5.74) is 2.11. The quantitative estimate of drug-likeness (QED) is 0.762. The lowest BCUT2D eigenvalue weighted by atomic mass is 10.3. The van der Waals surface area contributed by atoms with Gasteiger partial charge in [-0.3, -0.25) is 0 Å². The fraction of sp³-hybridized carbons (Fsp3) is 0.333. The normalized spacial score (nSPS) is 10.4. The van der Waals surface area contributed by atoms with E-state index in [2.05, 4.69) is 28.6 Å². The van der Waals surface area contributed by atoms with Gasteiger partial charge in [0.1, 0.15) is 5.82 Å². The van der Waals surface area contributed by atoms with Crippen LogP contribution in [0.3, 0.4) is 0 Å². The number of hydrogen-bond donors (Lipinski definition) is 0. The largest absolute Gasteiger partial charge is 0.327 e. The third kappa shape index (κ3) is 1.71. The highest BCUT2D eigenvalue weighted by Crippen LogP contribution is 2.16. The minimum absolute atomic E-state index is 0.384. The first-order valence-corrected chi connectivity index (χ1v) is 5.18. The maximum absolute atomic E-state index is 8.73. The number of rotatable bonds is 3. The van der Waals surface area contributed by atoms with Crippen LogP contribution in [0.5, 0.6) is 0 Å². The predicted molar refractivity (Wildman–Crippen MR) is 59.3 cm³/mol. The minimum Gasteiger partial charge on any atom is -0.327 e. The van der Waals surface area contributed by atoms with E-state index < -0.39 is 0 Å². The van der Waals surface area contributed by atoms with Gasteiger partial charge in [0, 0.05) is 6.54 Å². The molecule has 3 nitrogen and oxygen atoms in total. The molecule has 0 aliphatic heterocycles. The van der Waals surface area contributed by atoms with E-state index in [1.807, 2.05) is 18.2 Å². The molecule has 76 valence electrons. The lowest BCUT2D eigenvalue weighted by Crippen LogP contribution is -2.02. The Hall–Kier alpha value is -1.82. The first-order chi connectivity index (χ1) is 7.36. The maximum Gasteiger partial charge on any atom is 0.124 e. The van der Waals surface area contributed by atoms with Crippen LogP contribution in [0, 0.1) is 11.3 Å². The summed E-state index contributed by atoms with van der Waals surface area (Å²) in [5, 5.41) is 8.73. The highest BCUT2D eigenvalue weighted by Gasteiger charge is 2.08. The Morgan fingerprint density at radius 1 is 1.40 bits per heavy atom. The Kier molecular flexibility index (Phi) is 2.68. The van der Waals surface area contributed by atoms with Gasteiger partial charge in [0.15, 0.2) is 0 Å². The van der Waals surface area contributed by atoms with E-state index in [1.165, 1.54) is 0 Å². The summed E-state index contributed by atoms with van der Waals surface area (Å²) in [5.74, 6) is 0.876. The zero-order valence-electron chi connectivity index (χ0n) is 8.77. The molecule has 15 heavy (non-hydrogen) atoms. The van der Waals surface area contributed by atoms with E-state index in [1.54, 1.807) is 0 Å². The highest BCUT2D eigenvalue weighted by molar-refractivity contribution is 5.75. The Bertz CT molecular complexity index is 505. The molecule has 2 aromatic rings. The summed E-state index contributed by atoms with van der Waals surface area (Å²) in [7, 11) is 0. The smallest absolute Gasteiger partial charge is 0.124 e. The van der Waals surface area contributed by atoms with Crippen molar-refractivity contribution in [2.75, 3.05) is 0 Å². The second kappa shape index (κ2) is 4.14. The van der Waals surface area contributed by atoms with Crippen LogP contribution in [-0.4, -0.2) is 9.55 Å². The fourth-order valence-corrected chi connectivity index (χ4v) is 1.80. The van der Waals surface area contributed by atoms with Gasteiger partial charge in [-0.1, -0.05) is 19.1 Å². The molecule has 0 aliphatic rings. The lowest BCUT2D eigenvalue weighted by molar-refractivity contribution is 0.667. The van der Waals surface area contributed by atoms with Gasteiger partial charge < -0.3 is 4.57 Å². The van der Waals surface area contributed by atoms with Crippen molar-refractivity contribution in [2.45, 2.75) is 26.3 Å². The fourth-order valence-electron chi connectivity index (χ4n) is 1.80. The molecular formula is C12H13N3. The van der Waals surface area contributed by atoms with E-state index in [0.717, 1.165) is 29.8 Å². The number of nitrogens with zero attached hydrogens (tertiary/aromatic N) is 3. The van der Waals surface area contributed by atoms with E-state index in [0.29, 0.717) is 6.42 Å². The number of para-hydroxylation sites is 2. The van der Waals surface area contributed by atoms with Crippen molar-refractivity contribution in [1.82, 2.24) is 9.55 Å². The summed E-state index contributed by atoms with van der Waals surface area (Å²) in [6, 6.07) is 10.2. The molecule has 1 aromatic carbocycles. The standard InChI is InChI=1S/C12H13N3/c1-2-9-15-11-6-4-3-5-10(11)14-12(15)7-8-13/h3-6H,2,7,9H2,1H3. The number of benzene rings is 1. The van der Waals surface area contributed by atoms with Crippen LogP contribution < -0.4 is 0 Å². The van der Waals surface area contributed by atoms with Gasteiger partial charge in [-0.25, -0.2) is 4.98 Å². The molecule has 0 N–H and O–H groups in total. The number of aromatic nitrogens is 2. The average molecular weight is 199 g/mol. The van der Waals surface area contributed by atoms with Crippen LogP contribution in [0.2, 0.25) is 0 Å². The second-order valence-electron chi connectivity index (χ2n) is 3.50. The van der Waals surface area contributed by atoms with Crippen molar-refractivity contribution in [2.24, 2.45) is 0 Å². The van der Waals surface area contributed by atoms with Crippen molar-refractivity contribution in [3.05, 3.63) is 30.1 Å². The van der Waals surface area contributed by atoms with Crippen LogP contribution in [0.1, 0.15) is 19.2 Å². The molecule has 0 amide bonds. The van der Waals surface area contributed by atoms with E-state index >= 15 is 0 Å². The van der Waals surface area contributed by atoms with E-state index in [-0.39, 0.29) is 0 Å². The summed E-state index contributed by atoms with van der Waals surface area (Å²) in [6.07, 6.45) is 1.44. The van der Waals surface area contributed by atoms with Gasteiger partial charge in [0.25, 0.3) is 0 Å². The molecule has 0 atom stereocenters. The third-order valence-corrected chi connectivity index (χ3v) is 2.42. The molecule has 3 heteroatoms. The number of imidazole rings is 1. The van der Waals surface area contributed by atoms with Gasteiger partial charge in [0.2, 0.25) is 0 Å². The van der Waals surface area contributed by atoms with Crippen LogP contribution >= 0.6 is 0 Å². The van der Waals surface area contributed by atoms with E-state index in [9.17, 15) is 0 Å². The summed E-state index contributed by atoms with van der Waals surface area (Å²) >= 11 is 0. The van der Waals surface area contributed by atoms with Crippen LogP contribution in [0.25, 0.3) is 11.0 Å². The van der Waals surface area contributed by atoms with Gasteiger partial charge in [-0.05, 0) is 18.6 Å². The molecule has 0 bridgehead atoms. The molecule has 0 radical (unpaired) electrons. The molecule has 1 aromatic heterocycles. The number of nitriles is 1. The number of hydrogen-bond acceptors (Lipinski definition) is 2. The third-order valence-electron chi connectivity index (χ3n) is 2.42. The molecule has 0 spiro atoms. The number of aryl methyl sites for hydroxylation is 1. The topological polar surface area (TPSA) is 41.6 Å². The molecule has 0 saturated carbocycles.